The lowest BCUT2D eigenvalue weighted by molar-refractivity contribution is -0.123. The van der Waals surface area contributed by atoms with Gasteiger partial charge in [0.2, 0.25) is 0 Å². The van der Waals surface area contributed by atoms with Gasteiger partial charge in [0.05, 0.1) is 13.7 Å². The minimum absolute atomic E-state index is 0.0290. The van der Waals surface area contributed by atoms with Crippen molar-refractivity contribution in [2.24, 2.45) is 0 Å². The van der Waals surface area contributed by atoms with Gasteiger partial charge in [0.1, 0.15) is 5.75 Å². The fourth-order valence-corrected chi connectivity index (χ4v) is 4.44. The molecule has 0 bridgehead atoms. The molecule has 1 aromatic carbocycles. The first-order chi connectivity index (χ1) is 18.2. The van der Waals surface area contributed by atoms with E-state index in [2.05, 4.69) is 42.4 Å². The summed E-state index contributed by atoms with van der Waals surface area (Å²) < 4.78 is 17.1. The van der Waals surface area contributed by atoms with Crippen LogP contribution in [0.25, 0.3) is 0 Å². The topological polar surface area (TPSA) is 60.0 Å². The highest BCUT2D eigenvalue weighted by Crippen LogP contribution is 2.31. The van der Waals surface area contributed by atoms with Crippen LogP contribution < -0.4 is 19.5 Å². The summed E-state index contributed by atoms with van der Waals surface area (Å²) in [5.41, 5.74) is 1.24. The molecule has 0 unspecified atom stereocenters. The monoisotopic (exact) mass is 514 g/mol. The minimum Gasteiger partial charge on any atom is -0.493 e. The summed E-state index contributed by atoms with van der Waals surface area (Å²) in [6.07, 6.45) is 21.5. The van der Waals surface area contributed by atoms with Gasteiger partial charge in [-0.15, -0.1) is 0 Å². The maximum atomic E-state index is 12.2. The van der Waals surface area contributed by atoms with E-state index in [4.69, 9.17) is 14.2 Å². The van der Waals surface area contributed by atoms with Crippen LogP contribution in [-0.4, -0.2) is 50.8 Å². The van der Waals surface area contributed by atoms with Gasteiger partial charge in [-0.1, -0.05) is 83.8 Å². The lowest BCUT2D eigenvalue weighted by Gasteiger charge is -2.22. The van der Waals surface area contributed by atoms with Crippen molar-refractivity contribution >= 4 is 5.91 Å². The van der Waals surface area contributed by atoms with Crippen LogP contribution in [0.2, 0.25) is 0 Å². The number of methoxy groups -OCH3 is 1. The van der Waals surface area contributed by atoms with E-state index in [1.54, 1.807) is 13.2 Å². The number of allylic oxidation sites excluding steroid dienone is 1. The summed E-state index contributed by atoms with van der Waals surface area (Å²) in [5.74, 6) is 1.79. The number of unbranched alkanes of at least 4 members (excludes halogenated alkanes) is 9. The molecule has 1 aliphatic heterocycles. The average molecular weight is 515 g/mol. The van der Waals surface area contributed by atoms with Crippen molar-refractivity contribution < 1.29 is 19.0 Å². The van der Waals surface area contributed by atoms with E-state index in [-0.39, 0.29) is 12.5 Å². The second-order valence-corrected chi connectivity index (χ2v) is 9.83. The van der Waals surface area contributed by atoms with Crippen LogP contribution >= 0.6 is 0 Å². The molecule has 1 amide bonds. The van der Waals surface area contributed by atoms with E-state index in [1.807, 2.05) is 12.1 Å². The standard InChI is InChI=1S/C31H50N2O4/c1-4-6-7-8-9-10-11-12-13-14-23-36-29-18-17-28(24-30(29)35-3)37-26-31(34)32-20-19-27-16-15-22-33(25-27)21-5-2/h15-18,24-25H,4-14,19-23,26H2,1-3H3,(H,32,34). The third-order valence-corrected chi connectivity index (χ3v) is 6.53. The van der Waals surface area contributed by atoms with Gasteiger partial charge in [-0.2, -0.15) is 0 Å². The van der Waals surface area contributed by atoms with Crippen molar-refractivity contribution in [3.8, 4) is 17.2 Å². The van der Waals surface area contributed by atoms with Crippen LogP contribution in [0.3, 0.4) is 0 Å². The Hall–Kier alpha value is -2.63. The van der Waals surface area contributed by atoms with Crippen LogP contribution in [0.15, 0.2) is 42.1 Å². The van der Waals surface area contributed by atoms with Crippen molar-refractivity contribution in [3.63, 3.8) is 0 Å². The molecule has 208 valence electrons. The predicted molar refractivity (Wildman–Crippen MR) is 153 cm³/mol. The molecule has 0 saturated heterocycles. The Morgan fingerprint density at radius 3 is 2.35 bits per heavy atom. The molecule has 0 atom stereocenters. The molecule has 1 N–H and O–H groups in total. The minimum atomic E-state index is -0.133. The van der Waals surface area contributed by atoms with Crippen molar-refractivity contribution in [3.05, 3.63) is 42.1 Å². The summed E-state index contributed by atoms with van der Waals surface area (Å²) in [6.45, 7) is 7.70. The highest BCUT2D eigenvalue weighted by atomic mass is 16.5. The van der Waals surface area contributed by atoms with Crippen molar-refractivity contribution in [2.45, 2.75) is 90.9 Å². The maximum absolute atomic E-state index is 12.2. The van der Waals surface area contributed by atoms with Crippen LogP contribution in [0, 0.1) is 0 Å². The molecule has 0 saturated carbocycles. The van der Waals surface area contributed by atoms with Gasteiger partial charge in [0.25, 0.3) is 5.91 Å². The number of nitrogens with one attached hydrogen (secondary N) is 1. The SMILES string of the molecule is CCCCCCCCCCCCOc1ccc(OCC(=O)NCCC2=CN(CCC)CC=C2)cc1OC. The van der Waals surface area contributed by atoms with Gasteiger partial charge in [0.15, 0.2) is 18.1 Å². The highest BCUT2D eigenvalue weighted by Gasteiger charge is 2.09. The van der Waals surface area contributed by atoms with E-state index >= 15 is 0 Å². The summed E-state index contributed by atoms with van der Waals surface area (Å²) >= 11 is 0. The molecule has 37 heavy (non-hydrogen) atoms. The normalized spacial score (nSPS) is 12.8. The number of nitrogens with zero attached hydrogens (tertiary/aromatic N) is 1. The molecule has 6 nitrogen and oxygen atoms in total. The number of carbonyl (C=O) groups excluding carboxylic acids is 1. The van der Waals surface area contributed by atoms with Gasteiger partial charge >= 0.3 is 0 Å². The summed E-state index contributed by atoms with van der Waals surface area (Å²) in [4.78, 5) is 14.5. The van der Waals surface area contributed by atoms with Gasteiger partial charge in [-0.05, 0) is 37.0 Å². The smallest absolute Gasteiger partial charge is 0.257 e. The molecule has 0 aliphatic carbocycles. The first-order valence-electron chi connectivity index (χ1n) is 14.5. The van der Waals surface area contributed by atoms with E-state index in [1.165, 1.54) is 63.4 Å². The third kappa shape index (κ3) is 13.5. The van der Waals surface area contributed by atoms with E-state index in [9.17, 15) is 4.79 Å². The number of carbonyl (C=O) groups is 1. The van der Waals surface area contributed by atoms with E-state index in [0.29, 0.717) is 30.4 Å². The first kappa shape index (κ1) is 30.6. The summed E-state index contributed by atoms with van der Waals surface area (Å²) in [6, 6.07) is 5.46. The quantitative estimate of drug-likeness (QED) is 0.178. The van der Waals surface area contributed by atoms with Crippen LogP contribution in [0.4, 0.5) is 0 Å². The van der Waals surface area contributed by atoms with Crippen molar-refractivity contribution in [1.82, 2.24) is 10.2 Å². The fourth-order valence-electron chi connectivity index (χ4n) is 4.44. The molecule has 2 rings (SSSR count). The number of benzene rings is 1. The highest BCUT2D eigenvalue weighted by molar-refractivity contribution is 5.77. The number of rotatable bonds is 21. The zero-order valence-corrected chi connectivity index (χ0v) is 23.6. The average Bonchev–Trinajstić information content (AvgIpc) is 2.91. The molecule has 0 spiro atoms. The Morgan fingerprint density at radius 2 is 1.65 bits per heavy atom. The van der Waals surface area contributed by atoms with E-state index in [0.717, 1.165) is 32.4 Å². The Kier molecular flexibility index (Phi) is 16.1. The largest absolute Gasteiger partial charge is 0.493 e. The maximum Gasteiger partial charge on any atom is 0.257 e. The first-order valence-corrected chi connectivity index (χ1v) is 14.5. The zero-order valence-electron chi connectivity index (χ0n) is 23.6. The molecule has 0 fully saturated rings. The molecular formula is C31H50N2O4. The fraction of sp³-hybridized carbons (Fsp3) is 0.645. The third-order valence-electron chi connectivity index (χ3n) is 6.53. The number of hydrogen-bond acceptors (Lipinski definition) is 5. The lowest BCUT2D eigenvalue weighted by atomic mass is 10.1. The summed E-state index contributed by atoms with van der Waals surface area (Å²) in [5, 5.41) is 2.94. The Balaban J connectivity index is 1.60. The lowest BCUT2D eigenvalue weighted by Crippen LogP contribution is -2.30. The molecule has 0 aromatic heterocycles. The van der Waals surface area contributed by atoms with Gasteiger partial charge in [-0.3, -0.25) is 4.79 Å². The van der Waals surface area contributed by atoms with E-state index < -0.39 is 0 Å². The Bertz CT molecular complexity index is 821. The van der Waals surface area contributed by atoms with Crippen molar-refractivity contribution in [2.75, 3.05) is 40.0 Å². The molecule has 1 heterocycles. The molecule has 1 aromatic rings. The van der Waals surface area contributed by atoms with Gasteiger partial charge < -0.3 is 24.4 Å². The van der Waals surface area contributed by atoms with Gasteiger partial charge in [0, 0.05) is 31.9 Å². The molecule has 6 heteroatoms. The molecule has 1 aliphatic rings. The van der Waals surface area contributed by atoms with Crippen LogP contribution in [0.1, 0.15) is 90.9 Å². The summed E-state index contributed by atoms with van der Waals surface area (Å²) in [7, 11) is 1.62. The van der Waals surface area contributed by atoms with Crippen LogP contribution in [0.5, 0.6) is 17.2 Å². The Labute approximate surface area is 225 Å². The molecular weight excluding hydrogens is 464 g/mol. The second kappa shape index (κ2) is 19.5. The number of ether oxygens (including phenoxy) is 3. The van der Waals surface area contributed by atoms with Gasteiger partial charge in [-0.25, -0.2) is 0 Å². The zero-order chi connectivity index (χ0) is 26.6. The van der Waals surface area contributed by atoms with Crippen LogP contribution in [-0.2, 0) is 4.79 Å². The number of hydrogen-bond donors (Lipinski definition) is 1. The van der Waals surface area contributed by atoms with Crippen molar-refractivity contribution in [1.29, 1.82) is 0 Å². The molecule has 0 radical (unpaired) electrons. The second-order valence-electron chi connectivity index (χ2n) is 9.83. The Morgan fingerprint density at radius 1 is 0.919 bits per heavy atom. The predicted octanol–water partition coefficient (Wildman–Crippen LogP) is 7.05. The number of amides is 1.